The van der Waals surface area contributed by atoms with Crippen molar-refractivity contribution in [3.05, 3.63) is 53.9 Å². The van der Waals surface area contributed by atoms with Crippen LogP contribution in [0.3, 0.4) is 0 Å². The second-order valence-electron chi connectivity index (χ2n) is 4.08. The number of carbonyl (C=O) groups excluding carboxylic acids is 1. The number of thioether (sulfide) groups is 1. The van der Waals surface area contributed by atoms with Gasteiger partial charge in [0, 0.05) is 22.3 Å². The van der Waals surface area contributed by atoms with Crippen LogP contribution in [0, 0.1) is 11.8 Å². The van der Waals surface area contributed by atoms with E-state index >= 15 is 0 Å². The van der Waals surface area contributed by atoms with E-state index in [2.05, 4.69) is 22.1 Å². The molecule has 1 aromatic carbocycles. The topological polar surface area (TPSA) is 62.2 Å². The Balaban J connectivity index is 2.09. The summed E-state index contributed by atoms with van der Waals surface area (Å²) in [6.45, 7) is -0.200. The van der Waals surface area contributed by atoms with Gasteiger partial charge in [0.1, 0.15) is 12.3 Å². The molecule has 4 nitrogen and oxygen atoms in total. The van der Waals surface area contributed by atoms with Gasteiger partial charge >= 0.3 is 0 Å². The van der Waals surface area contributed by atoms with E-state index in [9.17, 15) is 4.79 Å². The summed E-state index contributed by atoms with van der Waals surface area (Å²) in [7, 11) is 0. The third kappa shape index (κ3) is 4.35. The fraction of sp³-hybridized carbons (Fsp3) is 0.125. The summed E-state index contributed by atoms with van der Waals surface area (Å²) in [5.74, 6) is 4.99. The quantitative estimate of drug-likeness (QED) is 0.675. The standard InChI is InChI=1S/C16H14N2O2S/c1-21-14-6-2-5-13(10-14)18-16(20)15-8-7-12(11-17-15)4-3-9-19/h2,5-8,10-11,19H,9H2,1H3,(H,18,20). The first-order chi connectivity index (χ1) is 10.2. The van der Waals surface area contributed by atoms with Gasteiger partial charge in [0.15, 0.2) is 0 Å². The average Bonchev–Trinajstić information content (AvgIpc) is 2.53. The van der Waals surface area contributed by atoms with Gasteiger partial charge in [0.25, 0.3) is 5.91 Å². The fourth-order valence-corrected chi connectivity index (χ4v) is 2.10. The maximum atomic E-state index is 12.1. The Morgan fingerprint density at radius 2 is 2.24 bits per heavy atom. The summed E-state index contributed by atoms with van der Waals surface area (Å²) in [6.07, 6.45) is 3.49. The molecule has 0 saturated carbocycles. The third-order valence-corrected chi connectivity index (χ3v) is 3.36. The lowest BCUT2D eigenvalue weighted by Gasteiger charge is -2.06. The number of rotatable bonds is 3. The number of hydrogen-bond acceptors (Lipinski definition) is 4. The van der Waals surface area contributed by atoms with Crippen molar-refractivity contribution in [2.75, 3.05) is 18.2 Å². The molecule has 1 heterocycles. The van der Waals surface area contributed by atoms with Crippen LogP contribution in [0.15, 0.2) is 47.5 Å². The number of amides is 1. The van der Waals surface area contributed by atoms with Crippen LogP contribution in [-0.2, 0) is 0 Å². The molecular weight excluding hydrogens is 284 g/mol. The molecule has 106 valence electrons. The van der Waals surface area contributed by atoms with Crippen molar-refractivity contribution in [1.82, 2.24) is 4.98 Å². The molecule has 21 heavy (non-hydrogen) atoms. The molecule has 1 amide bonds. The number of aromatic nitrogens is 1. The number of aliphatic hydroxyl groups excluding tert-OH is 1. The monoisotopic (exact) mass is 298 g/mol. The highest BCUT2D eigenvalue weighted by atomic mass is 32.2. The maximum Gasteiger partial charge on any atom is 0.274 e. The van der Waals surface area contributed by atoms with Gasteiger partial charge in [-0.2, -0.15) is 0 Å². The number of anilines is 1. The number of nitrogens with one attached hydrogen (secondary N) is 1. The van der Waals surface area contributed by atoms with E-state index in [1.54, 1.807) is 23.9 Å². The fourth-order valence-electron chi connectivity index (χ4n) is 1.64. The van der Waals surface area contributed by atoms with E-state index in [0.717, 1.165) is 10.6 Å². The summed E-state index contributed by atoms with van der Waals surface area (Å²) in [5, 5.41) is 11.4. The number of benzene rings is 1. The lowest BCUT2D eigenvalue weighted by molar-refractivity contribution is 0.102. The Kier molecular flexibility index (Phi) is 5.38. The Bertz CT molecular complexity index is 687. The van der Waals surface area contributed by atoms with Crippen LogP contribution in [0.25, 0.3) is 0 Å². The molecule has 0 unspecified atom stereocenters. The highest BCUT2D eigenvalue weighted by Gasteiger charge is 2.07. The van der Waals surface area contributed by atoms with Crippen molar-refractivity contribution in [3.8, 4) is 11.8 Å². The normalized spacial score (nSPS) is 9.62. The predicted molar refractivity (Wildman–Crippen MR) is 84.4 cm³/mol. The van der Waals surface area contributed by atoms with Gasteiger partial charge in [-0.15, -0.1) is 11.8 Å². The summed E-state index contributed by atoms with van der Waals surface area (Å²) >= 11 is 1.61. The van der Waals surface area contributed by atoms with Crippen molar-refractivity contribution >= 4 is 23.4 Å². The molecule has 0 radical (unpaired) electrons. The van der Waals surface area contributed by atoms with Gasteiger partial charge in [-0.05, 0) is 36.6 Å². The molecule has 5 heteroatoms. The van der Waals surface area contributed by atoms with Crippen LogP contribution < -0.4 is 5.32 Å². The van der Waals surface area contributed by atoms with E-state index in [1.807, 2.05) is 30.5 Å². The second kappa shape index (κ2) is 7.48. The molecule has 2 N–H and O–H groups in total. The smallest absolute Gasteiger partial charge is 0.274 e. The molecule has 0 atom stereocenters. The molecule has 0 aliphatic rings. The molecule has 0 fully saturated rings. The van der Waals surface area contributed by atoms with Crippen LogP contribution >= 0.6 is 11.8 Å². The van der Waals surface area contributed by atoms with Crippen LogP contribution in [0.2, 0.25) is 0 Å². The van der Waals surface area contributed by atoms with Crippen LogP contribution in [0.4, 0.5) is 5.69 Å². The lowest BCUT2D eigenvalue weighted by Crippen LogP contribution is -2.13. The van der Waals surface area contributed by atoms with Crippen molar-refractivity contribution in [3.63, 3.8) is 0 Å². The minimum absolute atomic E-state index is 0.200. The molecule has 2 aromatic rings. The molecule has 0 spiro atoms. The average molecular weight is 298 g/mol. The lowest BCUT2D eigenvalue weighted by atomic mass is 10.2. The number of nitrogens with zero attached hydrogens (tertiary/aromatic N) is 1. The molecule has 0 aliphatic heterocycles. The Morgan fingerprint density at radius 1 is 1.38 bits per heavy atom. The second-order valence-corrected chi connectivity index (χ2v) is 4.96. The van der Waals surface area contributed by atoms with Crippen LogP contribution in [-0.4, -0.2) is 28.9 Å². The largest absolute Gasteiger partial charge is 0.384 e. The van der Waals surface area contributed by atoms with E-state index in [-0.39, 0.29) is 12.5 Å². The number of aliphatic hydroxyl groups is 1. The summed E-state index contributed by atoms with van der Waals surface area (Å²) in [5.41, 5.74) is 1.71. The molecule has 0 bridgehead atoms. The van der Waals surface area contributed by atoms with Gasteiger partial charge < -0.3 is 10.4 Å². The summed E-state index contributed by atoms with van der Waals surface area (Å²) in [4.78, 5) is 17.2. The third-order valence-electron chi connectivity index (χ3n) is 2.64. The first kappa shape index (κ1) is 15.1. The van der Waals surface area contributed by atoms with E-state index in [4.69, 9.17) is 5.11 Å². The number of pyridine rings is 1. The zero-order valence-corrected chi connectivity index (χ0v) is 12.3. The highest BCUT2D eigenvalue weighted by molar-refractivity contribution is 7.98. The minimum atomic E-state index is -0.269. The van der Waals surface area contributed by atoms with Crippen molar-refractivity contribution < 1.29 is 9.90 Å². The van der Waals surface area contributed by atoms with Gasteiger partial charge in [-0.3, -0.25) is 4.79 Å². The van der Waals surface area contributed by atoms with Crippen molar-refractivity contribution in [2.24, 2.45) is 0 Å². The SMILES string of the molecule is CSc1cccc(NC(=O)c2ccc(C#CCO)cn2)c1. The molecule has 1 aromatic heterocycles. The van der Waals surface area contributed by atoms with Crippen LogP contribution in [0.1, 0.15) is 16.1 Å². The van der Waals surface area contributed by atoms with Crippen molar-refractivity contribution in [2.45, 2.75) is 4.90 Å². The van der Waals surface area contributed by atoms with Gasteiger partial charge in [-0.1, -0.05) is 17.9 Å². The number of hydrogen-bond donors (Lipinski definition) is 2. The summed E-state index contributed by atoms with van der Waals surface area (Å²) in [6, 6.07) is 10.9. The van der Waals surface area contributed by atoms with Crippen molar-refractivity contribution in [1.29, 1.82) is 0 Å². The zero-order valence-electron chi connectivity index (χ0n) is 11.5. The van der Waals surface area contributed by atoms with E-state index in [0.29, 0.717) is 11.3 Å². The van der Waals surface area contributed by atoms with Gasteiger partial charge in [-0.25, -0.2) is 4.98 Å². The first-order valence-electron chi connectivity index (χ1n) is 6.24. The minimum Gasteiger partial charge on any atom is -0.384 e. The van der Waals surface area contributed by atoms with E-state index in [1.165, 1.54) is 6.20 Å². The first-order valence-corrected chi connectivity index (χ1v) is 7.46. The zero-order chi connectivity index (χ0) is 15.1. The molecule has 0 saturated heterocycles. The Morgan fingerprint density at radius 3 is 2.90 bits per heavy atom. The molecular formula is C16H14N2O2S. The Labute approximate surface area is 127 Å². The van der Waals surface area contributed by atoms with E-state index < -0.39 is 0 Å². The molecule has 2 rings (SSSR count). The van der Waals surface area contributed by atoms with Gasteiger partial charge in [0.05, 0.1) is 0 Å². The van der Waals surface area contributed by atoms with Crippen LogP contribution in [0.5, 0.6) is 0 Å². The number of carbonyl (C=O) groups is 1. The highest BCUT2D eigenvalue weighted by Crippen LogP contribution is 2.19. The van der Waals surface area contributed by atoms with Gasteiger partial charge in [0.2, 0.25) is 0 Å². The predicted octanol–water partition coefficient (Wildman–Crippen LogP) is 2.40. The molecule has 0 aliphatic carbocycles. The Hall–Kier alpha value is -2.29. The summed E-state index contributed by atoms with van der Waals surface area (Å²) < 4.78 is 0. The maximum absolute atomic E-state index is 12.1.